The predicted octanol–water partition coefficient (Wildman–Crippen LogP) is 4.25. The van der Waals surface area contributed by atoms with Crippen LogP contribution in [-0.4, -0.2) is 12.7 Å². The van der Waals surface area contributed by atoms with Crippen molar-refractivity contribution in [2.75, 3.05) is 11.9 Å². The molecule has 1 rings (SSSR count). The van der Waals surface area contributed by atoms with Gasteiger partial charge in [0.15, 0.2) is 0 Å². The summed E-state index contributed by atoms with van der Waals surface area (Å²) in [6.07, 6.45) is 1.02. The summed E-state index contributed by atoms with van der Waals surface area (Å²) in [7, 11) is 0. The zero-order valence-electron chi connectivity index (χ0n) is 8.72. The Morgan fingerprint density at radius 1 is 1.56 bits per heavy atom. The van der Waals surface area contributed by atoms with Crippen LogP contribution in [0.5, 0.6) is 0 Å². The van der Waals surface area contributed by atoms with E-state index in [0.717, 1.165) is 14.5 Å². The highest BCUT2D eigenvalue weighted by Gasteiger charge is 2.09. The Morgan fingerprint density at radius 3 is 2.81 bits per heavy atom. The van der Waals surface area contributed by atoms with E-state index in [4.69, 9.17) is 4.74 Å². The molecule has 5 heteroatoms. The third-order valence-electron chi connectivity index (χ3n) is 1.81. The van der Waals surface area contributed by atoms with Gasteiger partial charge in [-0.25, -0.2) is 4.79 Å². The maximum Gasteiger partial charge on any atom is 0.411 e. The second-order valence-corrected chi connectivity index (χ2v) is 4.86. The molecule has 0 atom stereocenters. The van der Waals surface area contributed by atoms with Gasteiger partial charge >= 0.3 is 6.09 Å². The first-order chi connectivity index (χ1) is 7.54. The lowest BCUT2D eigenvalue weighted by Gasteiger charge is -2.10. The summed E-state index contributed by atoms with van der Waals surface area (Å²) >= 11 is 6.74. The van der Waals surface area contributed by atoms with Gasteiger partial charge in [0.05, 0.1) is 5.69 Å². The van der Waals surface area contributed by atoms with Crippen LogP contribution in [-0.2, 0) is 4.74 Å². The molecule has 3 nitrogen and oxygen atoms in total. The van der Waals surface area contributed by atoms with E-state index in [-0.39, 0.29) is 6.61 Å². The van der Waals surface area contributed by atoms with Crippen molar-refractivity contribution in [2.24, 2.45) is 0 Å². The molecule has 0 spiro atoms. The predicted molar refractivity (Wildman–Crippen MR) is 71.7 cm³/mol. The highest BCUT2D eigenvalue weighted by Crippen LogP contribution is 2.30. The number of halogens is 2. The fraction of sp³-hybridized carbons (Fsp3) is 0.182. The SMILES string of the molecule is C=CCOC(=O)Nc1c(C)cc(Br)cc1Br. The highest BCUT2D eigenvalue weighted by atomic mass is 79.9. The smallest absolute Gasteiger partial charge is 0.411 e. The second kappa shape index (κ2) is 6.06. The van der Waals surface area contributed by atoms with Crippen molar-refractivity contribution in [2.45, 2.75) is 6.92 Å². The zero-order valence-corrected chi connectivity index (χ0v) is 11.9. The Hall–Kier alpha value is -0.810. The maximum absolute atomic E-state index is 11.3. The number of ether oxygens (including phenoxy) is 1. The molecule has 0 bridgehead atoms. The molecule has 86 valence electrons. The molecular weight excluding hydrogens is 338 g/mol. The topological polar surface area (TPSA) is 38.3 Å². The summed E-state index contributed by atoms with van der Waals surface area (Å²) in [5, 5.41) is 2.66. The van der Waals surface area contributed by atoms with E-state index in [2.05, 4.69) is 43.8 Å². The average molecular weight is 349 g/mol. The van der Waals surface area contributed by atoms with Gasteiger partial charge in [0.25, 0.3) is 0 Å². The summed E-state index contributed by atoms with van der Waals surface area (Å²) < 4.78 is 6.58. The van der Waals surface area contributed by atoms with Crippen molar-refractivity contribution in [1.82, 2.24) is 0 Å². The Labute approximate surface area is 111 Å². The van der Waals surface area contributed by atoms with Crippen LogP contribution >= 0.6 is 31.9 Å². The van der Waals surface area contributed by atoms with Gasteiger partial charge in [-0.2, -0.15) is 0 Å². The summed E-state index contributed by atoms with van der Waals surface area (Å²) in [6, 6.07) is 3.77. The van der Waals surface area contributed by atoms with Gasteiger partial charge in [-0.3, -0.25) is 5.32 Å². The minimum atomic E-state index is -0.494. The van der Waals surface area contributed by atoms with E-state index < -0.39 is 6.09 Å². The lowest BCUT2D eigenvalue weighted by atomic mass is 10.2. The number of benzene rings is 1. The van der Waals surface area contributed by atoms with Crippen molar-refractivity contribution in [3.05, 3.63) is 39.3 Å². The fourth-order valence-electron chi connectivity index (χ4n) is 1.13. The van der Waals surface area contributed by atoms with Gasteiger partial charge in [0, 0.05) is 8.95 Å². The van der Waals surface area contributed by atoms with E-state index in [1.165, 1.54) is 6.08 Å². The van der Waals surface area contributed by atoms with Gasteiger partial charge in [-0.05, 0) is 40.5 Å². The van der Waals surface area contributed by atoms with Crippen LogP contribution in [0.3, 0.4) is 0 Å². The minimum Gasteiger partial charge on any atom is -0.445 e. The molecule has 1 N–H and O–H groups in total. The van der Waals surface area contributed by atoms with Gasteiger partial charge < -0.3 is 4.74 Å². The number of anilines is 1. The van der Waals surface area contributed by atoms with E-state index >= 15 is 0 Å². The molecule has 0 saturated heterocycles. The Morgan fingerprint density at radius 2 is 2.25 bits per heavy atom. The molecule has 1 aromatic rings. The first-order valence-electron chi connectivity index (χ1n) is 4.55. The summed E-state index contributed by atoms with van der Waals surface area (Å²) in [4.78, 5) is 11.3. The Kier molecular flexibility index (Phi) is 5.02. The normalized spacial score (nSPS) is 9.69. The molecule has 0 unspecified atom stereocenters. The molecule has 0 heterocycles. The fourth-order valence-corrected chi connectivity index (χ4v) is 2.67. The number of rotatable bonds is 3. The summed E-state index contributed by atoms with van der Waals surface area (Å²) in [5.41, 5.74) is 1.65. The van der Waals surface area contributed by atoms with E-state index in [9.17, 15) is 4.79 Å². The van der Waals surface area contributed by atoms with Crippen LogP contribution in [0.25, 0.3) is 0 Å². The first kappa shape index (κ1) is 13.3. The van der Waals surface area contributed by atoms with Crippen LogP contribution in [0.15, 0.2) is 33.7 Å². The highest BCUT2D eigenvalue weighted by molar-refractivity contribution is 9.11. The minimum absolute atomic E-state index is 0.193. The number of hydrogen-bond acceptors (Lipinski definition) is 2. The third kappa shape index (κ3) is 3.64. The number of nitrogens with one attached hydrogen (secondary N) is 1. The molecule has 0 saturated carbocycles. The van der Waals surface area contributed by atoms with Gasteiger partial charge in [-0.1, -0.05) is 28.6 Å². The second-order valence-electron chi connectivity index (χ2n) is 3.09. The van der Waals surface area contributed by atoms with Crippen molar-refractivity contribution in [3.63, 3.8) is 0 Å². The summed E-state index contributed by atoms with van der Waals surface area (Å²) in [5.74, 6) is 0. The third-order valence-corrected chi connectivity index (χ3v) is 2.89. The largest absolute Gasteiger partial charge is 0.445 e. The van der Waals surface area contributed by atoms with Crippen molar-refractivity contribution >= 4 is 43.6 Å². The number of hydrogen-bond donors (Lipinski definition) is 1. The number of carbonyl (C=O) groups excluding carboxylic acids is 1. The molecule has 0 aliphatic carbocycles. The maximum atomic E-state index is 11.3. The lowest BCUT2D eigenvalue weighted by molar-refractivity contribution is 0.174. The molecule has 0 aliphatic rings. The van der Waals surface area contributed by atoms with Crippen molar-refractivity contribution in [1.29, 1.82) is 0 Å². The van der Waals surface area contributed by atoms with E-state index in [1.807, 2.05) is 19.1 Å². The monoisotopic (exact) mass is 347 g/mol. The molecule has 0 aliphatic heterocycles. The lowest BCUT2D eigenvalue weighted by Crippen LogP contribution is -2.14. The van der Waals surface area contributed by atoms with Crippen LogP contribution in [0.4, 0.5) is 10.5 Å². The average Bonchev–Trinajstić information content (AvgIpc) is 2.20. The van der Waals surface area contributed by atoms with E-state index in [0.29, 0.717) is 5.69 Å². The number of carbonyl (C=O) groups is 1. The number of amides is 1. The molecule has 0 aromatic heterocycles. The van der Waals surface area contributed by atoms with Crippen LogP contribution in [0, 0.1) is 6.92 Å². The molecule has 0 radical (unpaired) electrons. The standard InChI is InChI=1S/C11H11Br2NO2/c1-3-4-16-11(15)14-10-7(2)5-8(12)6-9(10)13/h3,5-6H,1,4H2,2H3,(H,14,15). The Bertz CT molecular complexity index is 395. The molecule has 0 fully saturated rings. The molecule has 1 aromatic carbocycles. The van der Waals surface area contributed by atoms with E-state index in [1.54, 1.807) is 0 Å². The Balaban J connectivity index is 2.81. The van der Waals surface area contributed by atoms with Gasteiger partial charge in [0.1, 0.15) is 6.61 Å². The van der Waals surface area contributed by atoms with Crippen molar-refractivity contribution < 1.29 is 9.53 Å². The van der Waals surface area contributed by atoms with Crippen LogP contribution < -0.4 is 5.32 Å². The molecule has 16 heavy (non-hydrogen) atoms. The van der Waals surface area contributed by atoms with Gasteiger partial charge in [0.2, 0.25) is 0 Å². The molecule has 1 amide bonds. The van der Waals surface area contributed by atoms with Gasteiger partial charge in [-0.15, -0.1) is 0 Å². The first-order valence-corrected chi connectivity index (χ1v) is 6.13. The van der Waals surface area contributed by atoms with Crippen molar-refractivity contribution in [3.8, 4) is 0 Å². The van der Waals surface area contributed by atoms with Crippen LogP contribution in [0.1, 0.15) is 5.56 Å². The quantitative estimate of drug-likeness (QED) is 0.829. The molecular formula is C11H11Br2NO2. The van der Waals surface area contributed by atoms with Crippen LogP contribution in [0.2, 0.25) is 0 Å². The number of aryl methyl sites for hydroxylation is 1. The zero-order chi connectivity index (χ0) is 12.1. The summed E-state index contributed by atoms with van der Waals surface area (Å²) in [6.45, 7) is 5.56.